The third-order valence-electron chi connectivity index (χ3n) is 3.87. The Kier molecular flexibility index (Phi) is 4.51. The minimum atomic E-state index is -5.26. The highest BCUT2D eigenvalue weighted by Gasteiger charge is 2.46. The highest BCUT2D eigenvalue weighted by atomic mass is 32.2. The van der Waals surface area contributed by atoms with E-state index in [-0.39, 0.29) is 0 Å². The lowest BCUT2D eigenvalue weighted by Crippen LogP contribution is -2.23. The molecule has 0 bridgehead atoms. The molecule has 0 amide bonds. The van der Waals surface area contributed by atoms with Crippen molar-refractivity contribution < 1.29 is 21.6 Å². The van der Waals surface area contributed by atoms with Crippen LogP contribution in [0.15, 0.2) is 29.2 Å². The molecule has 1 N–H and O–H groups in total. The lowest BCUT2D eigenvalue weighted by atomic mass is 10.1. The van der Waals surface area contributed by atoms with Crippen molar-refractivity contribution >= 4 is 15.5 Å². The van der Waals surface area contributed by atoms with Gasteiger partial charge in [0.25, 0.3) is 9.84 Å². The minimum absolute atomic E-state index is 0.568. The zero-order valence-corrected chi connectivity index (χ0v) is 12.5. The SMILES string of the molecule is CC1CCC(CNc2ccc(S(=O)(=O)C(F)(F)F)cc2)C1. The van der Waals surface area contributed by atoms with Crippen LogP contribution in [0.4, 0.5) is 18.9 Å². The number of nitrogens with one attached hydrogen (secondary N) is 1. The highest BCUT2D eigenvalue weighted by Crippen LogP contribution is 2.32. The van der Waals surface area contributed by atoms with E-state index >= 15 is 0 Å². The molecule has 1 aromatic rings. The summed E-state index contributed by atoms with van der Waals surface area (Å²) in [6.45, 7) is 2.96. The Labute approximate surface area is 122 Å². The van der Waals surface area contributed by atoms with Crippen molar-refractivity contribution in [1.82, 2.24) is 0 Å². The van der Waals surface area contributed by atoms with Gasteiger partial charge < -0.3 is 5.32 Å². The molecule has 118 valence electrons. The van der Waals surface area contributed by atoms with Gasteiger partial charge in [0, 0.05) is 12.2 Å². The van der Waals surface area contributed by atoms with Gasteiger partial charge in [-0.25, -0.2) is 8.42 Å². The average Bonchev–Trinajstić information content (AvgIpc) is 2.81. The van der Waals surface area contributed by atoms with Crippen LogP contribution >= 0.6 is 0 Å². The normalized spacial score (nSPS) is 23.2. The average molecular weight is 321 g/mol. The Balaban J connectivity index is 1.99. The van der Waals surface area contributed by atoms with Crippen molar-refractivity contribution in [2.45, 2.75) is 36.6 Å². The van der Waals surface area contributed by atoms with Gasteiger partial charge in [0.05, 0.1) is 4.90 Å². The molecule has 21 heavy (non-hydrogen) atoms. The number of anilines is 1. The molecule has 1 saturated carbocycles. The summed E-state index contributed by atoms with van der Waals surface area (Å²) in [7, 11) is -5.26. The summed E-state index contributed by atoms with van der Waals surface area (Å²) in [6.07, 6.45) is 3.50. The second kappa shape index (κ2) is 5.87. The largest absolute Gasteiger partial charge is 0.501 e. The van der Waals surface area contributed by atoms with Crippen LogP contribution in [0.25, 0.3) is 0 Å². The summed E-state index contributed by atoms with van der Waals surface area (Å²) in [4.78, 5) is -0.727. The second-order valence-corrected chi connectivity index (χ2v) is 7.58. The number of sulfone groups is 1. The van der Waals surface area contributed by atoms with E-state index in [1.165, 1.54) is 18.6 Å². The summed E-state index contributed by atoms with van der Waals surface area (Å²) < 4.78 is 59.7. The molecule has 0 spiro atoms. The second-order valence-electron chi connectivity index (χ2n) is 5.64. The molecule has 0 radical (unpaired) electrons. The monoisotopic (exact) mass is 321 g/mol. The summed E-state index contributed by atoms with van der Waals surface area (Å²) in [5, 5.41) is 3.15. The van der Waals surface area contributed by atoms with Crippen molar-refractivity contribution in [1.29, 1.82) is 0 Å². The van der Waals surface area contributed by atoms with Crippen LogP contribution in [0.3, 0.4) is 0 Å². The van der Waals surface area contributed by atoms with Crippen LogP contribution in [-0.2, 0) is 9.84 Å². The molecule has 0 saturated heterocycles. The van der Waals surface area contributed by atoms with Crippen LogP contribution in [0.1, 0.15) is 26.2 Å². The number of hydrogen-bond donors (Lipinski definition) is 1. The van der Waals surface area contributed by atoms with Gasteiger partial charge in [0.1, 0.15) is 0 Å². The smallest absolute Gasteiger partial charge is 0.385 e. The Morgan fingerprint density at radius 2 is 1.81 bits per heavy atom. The zero-order chi connectivity index (χ0) is 15.7. The Bertz CT molecular complexity index is 581. The van der Waals surface area contributed by atoms with Crippen LogP contribution in [-0.4, -0.2) is 20.5 Å². The lowest BCUT2D eigenvalue weighted by molar-refractivity contribution is -0.0436. The number of hydrogen-bond acceptors (Lipinski definition) is 3. The molecule has 1 aliphatic carbocycles. The third kappa shape index (κ3) is 3.70. The Morgan fingerprint density at radius 1 is 1.19 bits per heavy atom. The van der Waals surface area contributed by atoms with Gasteiger partial charge >= 0.3 is 5.51 Å². The van der Waals surface area contributed by atoms with Crippen LogP contribution in [0.5, 0.6) is 0 Å². The first-order valence-electron chi connectivity index (χ1n) is 6.85. The van der Waals surface area contributed by atoms with Crippen molar-refractivity contribution in [2.24, 2.45) is 11.8 Å². The highest BCUT2D eigenvalue weighted by molar-refractivity contribution is 7.92. The standard InChI is InChI=1S/C14H18F3NO2S/c1-10-2-3-11(8-10)9-18-12-4-6-13(7-5-12)21(19,20)14(15,16)17/h4-7,10-11,18H,2-3,8-9H2,1H3. The number of rotatable bonds is 4. The molecule has 1 fully saturated rings. The molecule has 1 aliphatic rings. The maximum atomic E-state index is 12.4. The van der Waals surface area contributed by atoms with Gasteiger partial charge in [0.2, 0.25) is 0 Å². The molecule has 0 heterocycles. The maximum Gasteiger partial charge on any atom is 0.501 e. The van der Waals surface area contributed by atoms with Gasteiger partial charge in [-0.3, -0.25) is 0 Å². The fourth-order valence-corrected chi connectivity index (χ4v) is 3.42. The minimum Gasteiger partial charge on any atom is -0.385 e. The topological polar surface area (TPSA) is 46.2 Å². The van der Waals surface area contributed by atoms with E-state index in [9.17, 15) is 21.6 Å². The molecule has 1 aromatic carbocycles. The number of halogens is 3. The van der Waals surface area contributed by atoms with Gasteiger partial charge in [-0.15, -0.1) is 0 Å². The molecule has 0 aliphatic heterocycles. The van der Waals surface area contributed by atoms with Gasteiger partial charge in [0.15, 0.2) is 0 Å². The maximum absolute atomic E-state index is 12.4. The van der Waals surface area contributed by atoms with E-state index < -0.39 is 20.2 Å². The predicted molar refractivity (Wildman–Crippen MR) is 74.7 cm³/mol. The van der Waals surface area contributed by atoms with E-state index in [1.54, 1.807) is 0 Å². The van der Waals surface area contributed by atoms with E-state index in [4.69, 9.17) is 0 Å². The summed E-state index contributed by atoms with van der Waals surface area (Å²) in [6, 6.07) is 4.72. The Morgan fingerprint density at radius 3 is 2.29 bits per heavy atom. The number of benzene rings is 1. The first kappa shape index (κ1) is 16.1. The zero-order valence-electron chi connectivity index (χ0n) is 11.7. The quantitative estimate of drug-likeness (QED) is 0.917. The third-order valence-corrected chi connectivity index (χ3v) is 5.37. The Hall–Kier alpha value is -1.24. The van der Waals surface area contributed by atoms with Crippen molar-refractivity contribution in [3.63, 3.8) is 0 Å². The molecule has 2 atom stereocenters. The van der Waals surface area contributed by atoms with E-state index in [0.29, 0.717) is 11.6 Å². The van der Waals surface area contributed by atoms with Crippen LogP contribution < -0.4 is 5.32 Å². The van der Waals surface area contributed by atoms with Gasteiger partial charge in [-0.1, -0.05) is 13.3 Å². The summed E-state index contributed by atoms with van der Waals surface area (Å²) in [5.74, 6) is 1.29. The van der Waals surface area contributed by atoms with E-state index in [2.05, 4.69) is 12.2 Å². The van der Waals surface area contributed by atoms with Crippen molar-refractivity contribution in [3.8, 4) is 0 Å². The molecule has 7 heteroatoms. The molecular weight excluding hydrogens is 303 g/mol. The first-order valence-corrected chi connectivity index (χ1v) is 8.34. The van der Waals surface area contributed by atoms with Crippen LogP contribution in [0, 0.1) is 11.8 Å². The van der Waals surface area contributed by atoms with Crippen molar-refractivity contribution in [3.05, 3.63) is 24.3 Å². The molecule has 2 unspecified atom stereocenters. The summed E-state index contributed by atoms with van der Waals surface area (Å²) >= 11 is 0. The fourth-order valence-electron chi connectivity index (χ4n) is 2.66. The molecule has 0 aromatic heterocycles. The fraction of sp³-hybridized carbons (Fsp3) is 0.571. The molecule has 3 nitrogen and oxygen atoms in total. The number of alkyl halides is 3. The van der Waals surface area contributed by atoms with Gasteiger partial charge in [-0.05, 0) is 48.9 Å². The molecule has 2 rings (SSSR count). The first-order chi connectivity index (χ1) is 9.70. The van der Waals surface area contributed by atoms with Crippen molar-refractivity contribution in [2.75, 3.05) is 11.9 Å². The van der Waals surface area contributed by atoms with E-state index in [0.717, 1.165) is 37.4 Å². The predicted octanol–water partition coefficient (Wildman–Crippen LogP) is 3.83. The van der Waals surface area contributed by atoms with E-state index in [1.807, 2.05) is 0 Å². The lowest BCUT2D eigenvalue weighted by Gasteiger charge is -2.13. The van der Waals surface area contributed by atoms with Gasteiger partial charge in [-0.2, -0.15) is 13.2 Å². The molecular formula is C14H18F3NO2S. The van der Waals surface area contributed by atoms with Crippen LogP contribution in [0.2, 0.25) is 0 Å². The summed E-state index contributed by atoms with van der Waals surface area (Å²) in [5.41, 5.74) is -4.63.